The smallest absolute Gasteiger partial charge is 0.0541 e. The second-order valence-electron chi connectivity index (χ2n) is 16.5. The minimum absolute atomic E-state index is 1.08. The summed E-state index contributed by atoms with van der Waals surface area (Å²) in [5.74, 6) is 0. The van der Waals surface area contributed by atoms with Crippen LogP contribution in [0.3, 0.4) is 0 Å². The quantitative estimate of drug-likeness (QED) is 0.148. The zero-order chi connectivity index (χ0) is 42.4. The highest BCUT2D eigenvalue weighted by Gasteiger charge is 2.22. The maximum Gasteiger partial charge on any atom is 0.0541 e. The molecule has 12 aromatic rings. The van der Waals surface area contributed by atoms with Crippen LogP contribution in [0.25, 0.3) is 93.5 Å². The molecule has 0 atom stereocenters. The number of rotatable bonds is 8. The fourth-order valence-electron chi connectivity index (χ4n) is 9.81. The van der Waals surface area contributed by atoms with Crippen LogP contribution in [0.4, 0.5) is 17.1 Å². The van der Waals surface area contributed by atoms with E-state index in [0.717, 1.165) is 33.9 Å². The molecule has 2 nitrogen and oxygen atoms in total. The third kappa shape index (κ3) is 6.44. The Morgan fingerprint density at radius 3 is 1.58 bits per heavy atom. The van der Waals surface area contributed by atoms with E-state index in [4.69, 9.17) is 0 Å². The van der Waals surface area contributed by atoms with Gasteiger partial charge in [-0.1, -0.05) is 200 Å². The van der Waals surface area contributed by atoms with Crippen molar-refractivity contribution in [3.63, 3.8) is 0 Å². The zero-order valence-corrected chi connectivity index (χ0v) is 35.1. The Kier molecular flexibility index (Phi) is 9.20. The summed E-state index contributed by atoms with van der Waals surface area (Å²) < 4.78 is 2.44. The number of nitrogens with zero attached hydrogens (tertiary/aromatic N) is 2. The van der Waals surface area contributed by atoms with Crippen molar-refractivity contribution in [2.24, 2.45) is 0 Å². The van der Waals surface area contributed by atoms with Gasteiger partial charge in [-0.3, -0.25) is 0 Å². The lowest BCUT2D eigenvalue weighted by molar-refractivity contribution is 1.18. The van der Waals surface area contributed by atoms with E-state index in [2.05, 4.69) is 264 Å². The van der Waals surface area contributed by atoms with E-state index in [0.29, 0.717) is 0 Å². The normalized spacial score (nSPS) is 11.4. The Bertz CT molecular complexity index is 3620. The number of hydrogen-bond donors (Lipinski definition) is 0. The maximum absolute atomic E-state index is 2.45. The molecule has 1 heterocycles. The first-order valence-electron chi connectivity index (χ1n) is 22.0. The van der Waals surface area contributed by atoms with Crippen molar-refractivity contribution in [1.29, 1.82) is 0 Å². The van der Waals surface area contributed by atoms with E-state index in [-0.39, 0.29) is 0 Å². The third-order valence-corrected chi connectivity index (χ3v) is 12.8. The van der Waals surface area contributed by atoms with Gasteiger partial charge in [-0.15, -0.1) is 0 Å². The minimum Gasteiger partial charge on any atom is -0.310 e. The summed E-state index contributed by atoms with van der Waals surface area (Å²) in [6, 6.07) is 92.8. The molecule has 0 N–H and O–H groups in total. The number of para-hydroxylation sites is 3. The molecule has 300 valence electrons. The van der Waals surface area contributed by atoms with E-state index in [1.54, 1.807) is 0 Å². The molecule has 0 aliphatic rings. The topological polar surface area (TPSA) is 8.17 Å². The summed E-state index contributed by atoms with van der Waals surface area (Å²) in [5, 5.41) is 7.30. The molecule has 0 fully saturated rings. The van der Waals surface area contributed by atoms with Crippen LogP contribution < -0.4 is 4.90 Å². The average molecular weight is 815 g/mol. The summed E-state index contributed by atoms with van der Waals surface area (Å²) in [4.78, 5) is 2.45. The fourth-order valence-corrected chi connectivity index (χ4v) is 9.81. The molecule has 2 heteroatoms. The van der Waals surface area contributed by atoms with Crippen molar-refractivity contribution >= 4 is 60.4 Å². The van der Waals surface area contributed by atoms with Gasteiger partial charge in [0.2, 0.25) is 0 Å². The molecule has 0 unspecified atom stereocenters. The van der Waals surface area contributed by atoms with Crippen molar-refractivity contribution in [3.8, 4) is 50.2 Å². The monoisotopic (exact) mass is 814 g/mol. The lowest BCUT2D eigenvalue weighted by Gasteiger charge is -2.29. The van der Waals surface area contributed by atoms with E-state index < -0.39 is 0 Å². The van der Waals surface area contributed by atoms with Gasteiger partial charge in [0.15, 0.2) is 0 Å². The van der Waals surface area contributed by atoms with Crippen molar-refractivity contribution in [3.05, 3.63) is 255 Å². The van der Waals surface area contributed by atoms with E-state index in [1.165, 1.54) is 76.7 Å². The summed E-state index contributed by atoms with van der Waals surface area (Å²) in [6.07, 6.45) is 0. The Hall–Kier alpha value is -8.46. The van der Waals surface area contributed by atoms with Gasteiger partial charge >= 0.3 is 0 Å². The molecular weight excluding hydrogens is 773 g/mol. The molecule has 0 spiro atoms. The molecule has 0 radical (unpaired) electrons. The number of anilines is 3. The Balaban J connectivity index is 1.08. The van der Waals surface area contributed by atoms with Crippen molar-refractivity contribution < 1.29 is 0 Å². The molecule has 0 saturated heterocycles. The van der Waals surface area contributed by atoms with Crippen LogP contribution in [0.5, 0.6) is 0 Å². The largest absolute Gasteiger partial charge is 0.310 e. The van der Waals surface area contributed by atoms with Crippen molar-refractivity contribution in [1.82, 2.24) is 4.57 Å². The van der Waals surface area contributed by atoms with Crippen LogP contribution in [-0.2, 0) is 0 Å². The standard InChI is InChI=1S/C62H42N2/c1-3-18-43(19-4-1)46-24-17-25-48(40-46)51-38-39-62(54-27-10-9-26-52(51)54)63(49-35-34-44-20-7-8-23-47(44)41-49)50-36-37-53(58(42-50)45-21-5-2-6-22-45)55-28-11-14-31-59(55)64-60-32-15-12-29-56(60)57-30-13-16-33-61(57)64/h1-42H. The molecule has 12 rings (SSSR count). The van der Waals surface area contributed by atoms with E-state index in [9.17, 15) is 0 Å². The molecule has 64 heavy (non-hydrogen) atoms. The maximum atomic E-state index is 2.45. The van der Waals surface area contributed by atoms with Gasteiger partial charge in [-0.25, -0.2) is 0 Å². The van der Waals surface area contributed by atoms with Crippen LogP contribution >= 0.6 is 0 Å². The van der Waals surface area contributed by atoms with Gasteiger partial charge in [-0.2, -0.15) is 0 Å². The van der Waals surface area contributed by atoms with Gasteiger partial charge in [0.25, 0.3) is 0 Å². The predicted molar refractivity (Wildman–Crippen MR) is 272 cm³/mol. The first-order valence-corrected chi connectivity index (χ1v) is 22.0. The number of aromatic nitrogens is 1. The van der Waals surface area contributed by atoms with E-state index >= 15 is 0 Å². The molecule has 1 aromatic heterocycles. The zero-order valence-electron chi connectivity index (χ0n) is 35.1. The molecule has 0 saturated carbocycles. The number of hydrogen-bond acceptors (Lipinski definition) is 1. The van der Waals surface area contributed by atoms with Gasteiger partial charge in [-0.05, 0) is 110 Å². The van der Waals surface area contributed by atoms with Gasteiger partial charge in [0.05, 0.1) is 22.4 Å². The second kappa shape index (κ2) is 15.8. The van der Waals surface area contributed by atoms with Gasteiger partial charge < -0.3 is 9.47 Å². The fraction of sp³-hybridized carbons (Fsp3) is 0. The summed E-state index contributed by atoms with van der Waals surface area (Å²) in [6.45, 7) is 0. The lowest BCUT2D eigenvalue weighted by Crippen LogP contribution is -2.11. The lowest BCUT2D eigenvalue weighted by atomic mass is 9.92. The van der Waals surface area contributed by atoms with Gasteiger partial charge in [0, 0.05) is 33.1 Å². The molecule has 11 aromatic carbocycles. The Labute approximate surface area is 373 Å². The highest BCUT2D eigenvalue weighted by Crippen LogP contribution is 2.46. The van der Waals surface area contributed by atoms with Crippen molar-refractivity contribution in [2.45, 2.75) is 0 Å². The van der Waals surface area contributed by atoms with Crippen LogP contribution in [0.1, 0.15) is 0 Å². The first-order chi connectivity index (χ1) is 31.8. The minimum atomic E-state index is 1.08. The third-order valence-electron chi connectivity index (χ3n) is 12.8. The predicted octanol–water partition coefficient (Wildman–Crippen LogP) is 17.2. The summed E-state index contributed by atoms with van der Waals surface area (Å²) in [5.41, 5.74) is 16.3. The van der Waals surface area contributed by atoms with Crippen LogP contribution in [0.15, 0.2) is 255 Å². The van der Waals surface area contributed by atoms with E-state index in [1.807, 2.05) is 0 Å². The molecular formula is C62H42N2. The molecule has 0 amide bonds. The molecule has 0 bridgehead atoms. The van der Waals surface area contributed by atoms with Crippen LogP contribution in [-0.4, -0.2) is 4.57 Å². The average Bonchev–Trinajstić information content (AvgIpc) is 3.71. The van der Waals surface area contributed by atoms with Crippen LogP contribution in [0.2, 0.25) is 0 Å². The summed E-state index contributed by atoms with van der Waals surface area (Å²) in [7, 11) is 0. The van der Waals surface area contributed by atoms with Crippen LogP contribution in [0, 0.1) is 0 Å². The molecule has 0 aliphatic carbocycles. The molecule has 0 aliphatic heterocycles. The number of fused-ring (bicyclic) bond motifs is 5. The SMILES string of the molecule is c1ccc(-c2cccc(-c3ccc(N(c4ccc(-c5ccccc5-n5c6ccccc6c6ccccc65)c(-c5ccccc5)c4)c4ccc5ccccc5c4)c4ccccc34)c2)cc1. The summed E-state index contributed by atoms with van der Waals surface area (Å²) >= 11 is 0. The van der Waals surface area contributed by atoms with Crippen molar-refractivity contribution in [2.75, 3.05) is 4.90 Å². The highest BCUT2D eigenvalue weighted by molar-refractivity contribution is 6.10. The Morgan fingerprint density at radius 1 is 0.266 bits per heavy atom. The highest BCUT2D eigenvalue weighted by atomic mass is 15.1. The number of benzene rings is 11. The first kappa shape index (κ1) is 37.3. The Morgan fingerprint density at radius 2 is 0.812 bits per heavy atom. The van der Waals surface area contributed by atoms with Gasteiger partial charge in [0.1, 0.15) is 0 Å². The second-order valence-corrected chi connectivity index (χ2v) is 16.5.